The molecule has 0 fully saturated rings. The lowest BCUT2D eigenvalue weighted by molar-refractivity contribution is 0.498. The second kappa shape index (κ2) is 11.7. The van der Waals surface area contributed by atoms with Gasteiger partial charge < -0.3 is 4.43 Å². The second-order valence-electron chi connectivity index (χ2n) is 11.6. The maximum Gasteiger partial charge on any atom is 0.320 e. The first kappa shape index (κ1) is 28.3. The summed E-state index contributed by atoms with van der Waals surface area (Å²) in [4.78, 5) is 10.3. The summed E-state index contributed by atoms with van der Waals surface area (Å²) in [5, 5.41) is 2.34. The Morgan fingerprint density at radius 3 is 1.44 bits per heavy atom. The zero-order chi connectivity index (χ0) is 29.0. The number of aryl methyl sites for hydroxylation is 1. The molecule has 0 aliphatic rings. The lowest BCUT2D eigenvalue weighted by Crippen LogP contribution is -2.69. The smallest absolute Gasteiger partial charge is 0.320 e. The molecule has 4 aromatic carbocycles. The van der Waals surface area contributed by atoms with Crippen LogP contribution in [0.4, 0.5) is 5.82 Å². The van der Waals surface area contributed by atoms with Crippen LogP contribution in [0.3, 0.4) is 0 Å². The molecule has 0 amide bonds. The average Bonchev–Trinajstić information content (AvgIpc) is 2.99. The van der Waals surface area contributed by atoms with Gasteiger partial charge in [0.05, 0.1) is 11.4 Å². The number of aromatic nitrogens is 1. The molecule has 0 saturated carbocycles. The highest BCUT2D eigenvalue weighted by molar-refractivity contribution is 7.00. The molecule has 1 aromatic heterocycles. The van der Waals surface area contributed by atoms with E-state index in [1.54, 1.807) is 0 Å². The molecule has 1 heterocycles. The lowest BCUT2D eigenvalue weighted by Gasteiger charge is -2.43. The number of pyridine rings is 1. The van der Waals surface area contributed by atoms with Crippen molar-refractivity contribution in [3.05, 3.63) is 149 Å². The highest BCUT2D eigenvalue weighted by Gasteiger charge is 2.52. The molecule has 0 aliphatic carbocycles. The molecule has 0 atom stereocenters. The number of hydrogen-bond donors (Lipinski definition) is 0. The Morgan fingerprint density at radius 1 is 0.610 bits per heavy atom. The first-order valence-corrected chi connectivity index (χ1v) is 16.1. The van der Waals surface area contributed by atoms with Crippen LogP contribution < -0.4 is 14.8 Å². The van der Waals surface area contributed by atoms with Crippen molar-refractivity contribution >= 4 is 30.2 Å². The van der Waals surface area contributed by atoms with Gasteiger partial charge in [0.1, 0.15) is 5.75 Å². The molecule has 0 spiro atoms. The highest BCUT2D eigenvalue weighted by Crippen LogP contribution is 2.40. The van der Waals surface area contributed by atoms with Gasteiger partial charge in [-0.2, -0.15) is 0 Å². The van der Waals surface area contributed by atoms with Gasteiger partial charge in [0.25, 0.3) is 0 Å². The van der Waals surface area contributed by atoms with Crippen LogP contribution in [-0.2, 0) is 0 Å². The SMILES string of the molecule is Cc1nc(N=C(c2ccccc2)c2ccccc2)c(C)c(C)c1O[Si](c1ccccc1)(c1ccccc1)C(C)(C)C. The summed E-state index contributed by atoms with van der Waals surface area (Å²) in [6.07, 6.45) is 0. The first-order valence-electron chi connectivity index (χ1n) is 14.2. The van der Waals surface area contributed by atoms with Crippen molar-refractivity contribution in [2.24, 2.45) is 4.99 Å². The highest BCUT2D eigenvalue weighted by atomic mass is 28.4. The number of benzene rings is 4. The van der Waals surface area contributed by atoms with Gasteiger partial charge >= 0.3 is 8.32 Å². The standard InChI is InChI=1S/C37H38N2OSi/c1-27-28(2)36(39-34(30-19-11-7-12-20-30)31-21-13-8-14-22-31)38-29(3)35(27)40-41(37(4,5)6,32-23-15-9-16-24-32)33-25-17-10-18-26-33/h7-26H,1-6H3. The van der Waals surface area contributed by atoms with Crippen LogP contribution in [0.2, 0.25) is 5.04 Å². The zero-order valence-corrected chi connectivity index (χ0v) is 25.8. The molecule has 0 N–H and O–H groups in total. The number of hydrogen-bond acceptors (Lipinski definition) is 3. The summed E-state index contributed by atoms with van der Waals surface area (Å²) in [6, 6.07) is 42.1. The topological polar surface area (TPSA) is 34.5 Å². The average molecular weight is 555 g/mol. The molecular weight excluding hydrogens is 517 g/mol. The normalized spacial score (nSPS) is 11.7. The molecule has 0 unspecified atom stereocenters. The molecule has 3 nitrogen and oxygen atoms in total. The van der Waals surface area contributed by atoms with E-state index in [0.29, 0.717) is 0 Å². The maximum atomic E-state index is 7.44. The van der Waals surface area contributed by atoms with E-state index in [0.717, 1.165) is 45.2 Å². The maximum absolute atomic E-state index is 7.44. The van der Waals surface area contributed by atoms with E-state index < -0.39 is 8.32 Å². The fourth-order valence-electron chi connectivity index (χ4n) is 5.56. The summed E-state index contributed by atoms with van der Waals surface area (Å²) in [7, 11) is -2.81. The van der Waals surface area contributed by atoms with E-state index in [2.05, 4.69) is 120 Å². The van der Waals surface area contributed by atoms with E-state index in [1.165, 1.54) is 10.4 Å². The summed E-state index contributed by atoms with van der Waals surface area (Å²) < 4.78 is 7.44. The Morgan fingerprint density at radius 2 is 1.02 bits per heavy atom. The van der Waals surface area contributed by atoms with Crippen molar-refractivity contribution in [2.75, 3.05) is 0 Å². The third-order valence-corrected chi connectivity index (χ3v) is 12.7. The van der Waals surface area contributed by atoms with Gasteiger partial charge in [-0.25, -0.2) is 9.98 Å². The van der Waals surface area contributed by atoms with E-state index in [9.17, 15) is 0 Å². The monoisotopic (exact) mass is 554 g/mol. The van der Waals surface area contributed by atoms with Gasteiger partial charge in [-0.1, -0.05) is 142 Å². The van der Waals surface area contributed by atoms with Crippen LogP contribution in [0.5, 0.6) is 5.75 Å². The molecule has 206 valence electrons. The zero-order valence-electron chi connectivity index (χ0n) is 24.8. The van der Waals surface area contributed by atoms with Crippen molar-refractivity contribution < 1.29 is 4.43 Å². The predicted octanol–water partition coefficient (Wildman–Crippen LogP) is 8.11. The van der Waals surface area contributed by atoms with Crippen LogP contribution in [0.25, 0.3) is 0 Å². The van der Waals surface area contributed by atoms with E-state index in [1.807, 2.05) is 43.3 Å². The van der Waals surface area contributed by atoms with Gasteiger partial charge in [0.2, 0.25) is 0 Å². The van der Waals surface area contributed by atoms with Crippen molar-refractivity contribution in [1.82, 2.24) is 4.98 Å². The van der Waals surface area contributed by atoms with Gasteiger partial charge in [-0.05, 0) is 41.7 Å². The van der Waals surface area contributed by atoms with E-state index in [-0.39, 0.29) is 5.04 Å². The third kappa shape index (κ3) is 5.53. The van der Waals surface area contributed by atoms with E-state index in [4.69, 9.17) is 14.4 Å². The van der Waals surface area contributed by atoms with Gasteiger partial charge in [0, 0.05) is 16.7 Å². The van der Waals surface area contributed by atoms with Crippen molar-refractivity contribution in [3.63, 3.8) is 0 Å². The summed E-state index contributed by atoms with van der Waals surface area (Å²) >= 11 is 0. The summed E-state index contributed by atoms with van der Waals surface area (Å²) in [5.74, 6) is 1.58. The van der Waals surface area contributed by atoms with Gasteiger partial charge in [0.15, 0.2) is 5.82 Å². The Hall–Kier alpha value is -4.28. The second-order valence-corrected chi connectivity index (χ2v) is 15.8. The van der Waals surface area contributed by atoms with Gasteiger partial charge in [-0.3, -0.25) is 0 Å². The van der Waals surface area contributed by atoms with Crippen LogP contribution >= 0.6 is 0 Å². The number of nitrogens with zero attached hydrogens (tertiary/aromatic N) is 2. The van der Waals surface area contributed by atoms with Gasteiger partial charge in [-0.15, -0.1) is 0 Å². The molecule has 0 aliphatic heterocycles. The minimum atomic E-state index is -2.81. The Kier molecular flexibility index (Phi) is 8.05. The predicted molar refractivity (Wildman–Crippen MR) is 175 cm³/mol. The van der Waals surface area contributed by atoms with E-state index >= 15 is 0 Å². The molecule has 0 radical (unpaired) electrons. The minimum absolute atomic E-state index is 0.146. The Bertz CT molecular complexity index is 1560. The van der Waals surface area contributed by atoms with Crippen LogP contribution in [0.1, 0.15) is 48.7 Å². The molecule has 5 rings (SSSR count). The van der Waals surface area contributed by atoms with Crippen molar-refractivity contribution in [3.8, 4) is 5.75 Å². The Balaban J connectivity index is 1.69. The van der Waals surface area contributed by atoms with Crippen molar-refractivity contribution in [1.29, 1.82) is 0 Å². The quantitative estimate of drug-likeness (QED) is 0.150. The molecule has 5 aromatic rings. The first-order chi connectivity index (χ1) is 19.7. The summed E-state index contributed by atoms with van der Waals surface area (Å²) in [5.41, 5.74) is 5.96. The fraction of sp³-hybridized carbons (Fsp3) is 0.189. The molecule has 0 saturated heterocycles. The fourth-order valence-corrected chi connectivity index (χ4v) is 10.1. The number of aliphatic imine (C=N–C) groups is 1. The summed E-state index contributed by atoms with van der Waals surface area (Å²) in [6.45, 7) is 13.2. The van der Waals surface area contributed by atoms with Crippen molar-refractivity contribution in [2.45, 2.75) is 46.6 Å². The van der Waals surface area contributed by atoms with Crippen LogP contribution in [0.15, 0.2) is 126 Å². The Labute approximate surface area is 245 Å². The number of rotatable bonds is 7. The van der Waals surface area contributed by atoms with Crippen LogP contribution in [-0.4, -0.2) is 19.0 Å². The third-order valence-electron chi connectivity index (χ3n) is 7.82. The molecular formula is C37H38N2OSi. The molecule has 41 heavy (non-hydrogen) atoms. The largest absolute Gasteiger partial charge is 0.533 e. The molecule has 4 heteroatoms. The molecule has 0 bridgehead atoms. The van der Waals surface area contributed by atoms with Crippen LogP contribution in [0, 0.1) is 20.8 Å². The minimum Gasteiger partial charge on any atom is -0.533 e. The lowest BCUT2D eigenvalue weighted by atomic mass is 10.0.